The topological polar surface area (TPSA) is 68.5 Å². The monoisotopic (exact) mass is 432 g/mol. The number of halogens is 3. The van der Waals surface area contributed by atoms with E-state index in [1.165, 1.54) is 12.1 Å². The Labute approximate surface area is 178 Å². The van der Waals surface area contributed by atoms with Crippen LogP contribution in [-0.2, 0) is 10.9 Å². The number of nitriles is 1. The molecular formula is C21H23F3N6O. The van der Waals surface area contributed by atoms with Crippen LogP contribution in [0.5, 0.6) is 0 Å². The van der Waals surface area contributed by atoms with Crippen LogP contribution in [0.1, 0.15) is 17.0 Å². The molecule has 2 aliphatic heterocycles. The van der Waals surface area contributed by atoms with Gasteiger partial charge in [0.2, 0.25) is 0 Å². The second-order valence-corrected chi connectivity index (χ2v) is 7.55. The first-order valence-corrected chi connectivity index (χ1v) is 10.1. The van der Waals surface area contributed by atoms with Crippen LogP contribution in [0.3, 0.4) is 0 Å². The molecule has 2 saturated heterocycles. The zero-order valence-electron chi connectivity index (χ0n) is 17.2. The van der Waals surface area contributed by atoms with E-state index in [1.807, 2.05) is 13.0 Å². The van der Waals surface area contributed by atoms with Gasteiger partial charge in [0, 0.05) is 51.0 Å². The van der Waals surface area contributed by atoms with Gasteiger partial charge in [-0.3, -0.25) is 0 Å². The summed E-state index contributed by atoms with van der Waals surface area (Å²) in [5.41, 5.74) is -0.659. The number of hydrogen-bond acceptors (Lipinski definition) is 7. The Morgan fingerprint density at radius 1 is 0.903 bits per heavy atom. The lowest BCUT2D eigenvalue weighted by Gasteiger charge is -2.38. The second-order valence-electron chi connectivity index (χ2n) is 7.55. The number of nitrogens with zero attached hydrogens (tertiary/aromatic N) is 6. The summed E-state index contributed by atoms with van der Waals surface area (Å²) < 4.78 is 46.1. The quantitative estimate of drug-likeness (QED) is 0.739. The molecule has 0 N–H and O–H groups in total. The van der Waals surface area contributed by atoms with Crippen LogP contribution < -0.4 is 14.7 Å². The van der Waals surface area contributed by atoms with E-state index in [0.29, 0.717) is 45.2 Å². The summed E-state index contributed by atoms with van der Waals surface area (Å²) in [6.07, 6.45) is -4.52. The summed E-state index contributed by atoms with van der Waals surface area (Å²) in [6, 6.07) is 7.47. The van der Waals surface area contributed by atoms with Crippen LogP contribution in [0.25, 0.3) is 0 Å². The van der Waals surface area contributed by atoms with E-state index < -0.39 is 11.7 Å². The summed E-state index contributed by atoms with van der Waals surface area (Å²) in [5, 5.41) is 8.97. The van der Waals surface area contributed by atoms with Crippen molar-refractivity contribution in [3.63, 3.8) is 0 Å². The number of benzene rings is 1. The number of hydrogen-bond donors (Lipinski definition) is 0. The average Bonchev–Trinajstić information content (AvgIpc) is 2.78. The molecule has 0 atom stereocenters. The fraction of sp³-hybridized carbons (Fsp3) is 0.476. The van der Waals surface area contributed by atoms with E-state index in [9.17, 15) is 13.2 Å². The number of piperazine rings is 1. The predicted octanol–water partition coefficient (Wildman–Crippen LogP) is 2.84. The van der Waals surface area contributed by atoms with Crippen LogP contribution in [0.2, 0.25) is 0 Å². The smallest absolute Gasteiger partial charge is 0.378 e. The van der Waals surface area contributed by atoms with Gasteiger partial charge in [-0.05, 0) is 25.1 Å². The Morgan fingerprint density at radius 3 is 2.06 bits per heavy atom. The molecule has 0 amide bonds. The maximum atomic E-state index is 13.5. The number of anilines is 3. The molecule has 2 aliphatic rings. The van der Waals surface area contributed by atoms with Gasteiger partial charge in [0.25, 0.3) is 0 Å². The van der Waals surface area contributed by atoms with Crippen molar-refractivity contribution in [2.75, 3.05) is 67.2 Å². The minimum absolute atomic E-state index is 0.00168. The van der Waals surface area contributed by atoms with Crippen LogP contribution in [0.4, 0.5) is 30.5 Å². The van der Waals surface area contributed by atoms with E-state index >= 15 is 0 Å². The Kier molecular flexibility index (Phi) is 5.87. The first-order valence-electron chi connectivity index (χ1n) is 10.1. The molecule has 0 unspecified atom stereocenters. The first-order chi connectivity index (χ1) is 14.8. The number of morpholine rings is 1. The third-order valence-electron chi connectivity index (χ3n) is 5.52. The highest BCUT2D eigenvalue weighted by molar-refractivity contribution is 5.60. The summed E-state index contributed by atoms with van der Waals surface area (Å²) in [6.45, 7) is 6.61. The fourth-order valence-electron chi connectivity index (χ4n) is 3.94. The van der Waals surface area contributed by atoms with E-state index in [4.69, 9.17) is 10.00 Å². The third kappa shape index (κ3) is 4.66. The lowest BCUT2D eigenvalue weighted by molar-refractivity contribution is -0.137. The highest BCUT2D eigenvalue weighted by atomic mass is 19.4. The summed E-state index contributed by atoms with van der Waals surface area (Å²) in [4.78, 5) is 15.0. The molecule has 2 fully saturated rings. The summed E-state index contributed by atoms with van der Waals surface area (Å²) in [7, 11) is 0. The predicted molar refractivity (Wildman–Crippen MR) is 110 cm³/mol. The van der Waals surface area contributed by atoms with Crippen molar-refractivity contribution in [3.05, 3.63) is 41.2 Å². The number of rotatable bonds is 3. The van der Waals surface area contributed by atoms with Gasteiger partial charge in [-0.15, -0.1) is 0 Å². The molecule has 0 bridgehead atoms. The molecule has 1 aromatic carbocycles. The number of aromatic nitrogens is 2. The molecule has 0 aliphatic carbocycles. The van der Waals surface area contributed by atoms with Crippen molar-refractivity contribution in [1.82, 2.24) is 9.97 Å². The van der Waals surface area contributed by atoms with Gasteiger partial charge in [-0.1, -0.05) is 0 Å². The van der Waals surface area contributed by atoms with Crippen molar-refractivity contribution in [3.8, 4) is 6.07 Å². The van der Waals surface area contributed by atoms with Gasteiger partial charge in [0.1, 0.15) is 17.5 Å². The van der Waals surface area contributed by atoms with Gasteiger partial charge in [0.15, 0.2) is 0 Å². The molecule has 10 heteroatoms. The molecule has 31 heavy (non-hydrogen) atoms. The van der Waals surface area contributed by atoms with E-state index in [2.05, 4.69) is 19.8 Å². The maximum absolute atomic E-state index is 13.5. The number of ether oxygens (including phenoxy) is 1. The molecule has 7 nitrogen and oxygen atoms in total. The maximum Gasteiger partial charge on any atom is 0.418 e. The molecule has 0 saturated carbocycles. The minimum Gasteiger partial charge on any atom is -0.378 e. The van der Waals surface area contributed by atoms with Crippen LogP contribution >= 0.6 is 0 Å². The largest absolute Gasteiger partial charge is 0.418 e. The Balaban J connectivity index is 1.51. The van der Waals surface area contributed by atoms with Crippen LogP contribution in [0, 0.1) is 18.3 Å². The molecular weight excluding hydrogens is 409 g/mol. The van der Waals surface area contributed by atoms with Crippen LogP contribution in [0.15, 0.2) is 24.3 Å². The first kappa shape index (κ1) is 21.2. The van der Waals surface area contributed by atoms with E-state index in [1.54, 1.807) is 11.0 Å². The number of alkyl halides is 3. The van der Waals surface area contributed by atoms with E-state index in [0.717, 1.165) is 30.8 Å². The third-order valence-corrected chi connectivity index (χ3v) is 5.52. The molecule has 164 valence electrons. The minimum atomic E-state index is -4.52. The van der Waals surface area contributed by atoms with Gasteiger partial charge < -0.3 is 19.4 Å². The molecule has 0 radical (unpaired) electrons. The van der Waals surface area contributed by atoms with Gasteiger partial charge in [-0.2, -0.15) is 18.4 Å². The van der Waals surface area contributed by atoms with Crippen molar-refractivity contribution in [2.45, 2.75) is 13.1 Å². The van der Waals surface area contributed by atoms with Crippen molar-refractivity contribution >= 4 is 17.3 Å². The SMILES string of the molecule is Cc1nc(N2CCOCC2)cc(N2CCN(c3ccc(C#N)cc3C(F)(F)F)CC2)n1. The summed E-state index contributed by atoms with van der Waals surface area (Å²) in [5.74, 6) is 2.29. The molecule has 0 spiro atoms. The molecule has 4 rings (SSSR count). The zero-order chi connectivity index (χ0) is 22.0. The number of aryl methyl sites for hydroxylation is 1. The molecule has 2 aromatic rings. The zero-order valence-corrected chi connectivity index (χ0v) is 17.2. The van der Waals surface area contributed by atoms with Crippen molar-refractivity contribution in [1.29, 1.82) is 5.26 Å². The lowest BCUT2D eigenvalue weighted by atomic mass is 10.1. The second kappa shape index (κ2) is 8.59. The van der Waals surface area contributed by atoms with Gasteiger partial charge in [-0.25, -0.2) is 9.97 Å². The van der Waals surface area contributed by atoms with Crippen molar-refractivity contribution in [2.24, 2.45) is 0 Å². The van der Waals surface area contributed by atoms with Crippen molar-refractivity contribution < 1.29 is 17.9 Å². The van der Waals surface area contributed by atoms with E-state index in [-0.39, 0.29) is 11.3 Å². The average molecular weight is 432 g/mol. The Bertz CT molecular complexity index is 976. The van der Waals surface area contributed by atoms with Crippen LogP contribution in [-0.4, -0.2) is 62.5 Å². The highest BCUT2D eigenvalue weighted by Gasteiger charge is 2.36. The summed E-state index contributed by atoms with van der Waals surface area (Å²) >= 11 is 0. The van der Waals surface area contributed by atoms with Gasteiger partial charge >= 0.3 is 6.18 Å². The van der Waals surface area contributed by atoms with Gasteiger partial charge in [0.05, 0.1) is 30.4 Å². The lowest BCUT2D eigenvalue weighted by Crippen LogP contribution is -2.47. The standard InChI is InChI=1S/C21H23F3N6O/c1-15-26-19(13-20(27-15)30-8-10-31-11-9-30)29-6-4-28(5-7-29)18-3-2-16(14-25)12-17(18)21(22,23)24/h2-3,12-13H,4-11H2,1H3. The molecule has 1 aromatic heterocycles. The highest BCUT2D eigenvalue weighted by Crippen LogP contribution is 2.37. The molecule has 3 heterocycles. The Morgan fingerprint density at radius 2 is 1.48 bits per heavy atom. The normalized spacial score (nSPS) is 17.6. The fourth-order valence-corrected chi connectivity index (χ4v) is 3.94. The Hall–Kier alpha value is -3.06.